The van der Waals surface area contributed by atoms with Crippen LogP contribution in [0.15, 0.2) is 91.5 Å². The molecule has 47 heavy (non-hydrogen) atoms. The molecular formula is C34H33N7O6. The molecule has 1 aromatic heterocycles. The summed E-state index contributed by atoms with van der Waals surface area (Å²) in [5.74, 6) is -2.38. The average Bonchev–Trinajstić information content (AvgIpc) is 3.60. The Bertz CT molecular complexity index is 1780. The van der Waals surface area contributed by atoms with Crippen molar-refractivity contribution >= 4 is 41.2 Å². The van der Waals surface area contributed by atoms with Gasteiger partial charge in [0.1, 0.15) is 13.2 Å². The minimum atomic E-state index is -0.881. The highest BCUT2D eigenvalue weighted by atomic mass is 16.5. The van der Waals surface area contributed by atoms with Gasteiger partial charge in [-0.25, -0.2) is 9.59 Å². The van der Waals surface area contributed by atoms with E-state index in [4.69, 9.17) is 15.2 Å². The molecule has 1 atom stereocenters. The first-order valence-electron chi connectivity index (χ1n) is 14.8. The summed E-state index contributed by atoms with van der Waals surface area (Å²) in [5, 5.41) is 11.1. The van der Waals surface area contributed by atoms with E-state index in [1.165, 1.54) is 24.3 Å². The summed E-state index contributed by atoms with van der Waals surface area (Å²) in [6, 6.07) is 22.5. The highest BCUT2D eigenvalue weighted by molar-refractivity contribution is 6.04. The third kappa shape index (κ3) is 7.95. The number of likely N-dealkylation sites (tertiary alicyclic amines) is 1. The molecule has 0 spiro atoms. The number of anilines is 3. The number of carbonyl (C=O) groups is 4. The number of rotatable bonds is 12. The lowest BCUT2D eigenvalue weighted by molar-refractivity contribution is -0.125. The van der Waals surface area contributed by atoms with Gasteiger partial charge in [-0.1, -0.05) is 67.2 Å². The van der Waals surface area contributed by atoms with Crippen LogP contribution in [0.3, 0.4) is 0 Å². The number of carbonyl (C=O) groups excluding carboxylic acids is 4. The zero-order chi connectivity index (χ0) is 33.3. The van der Waals surface area contributed by atoms with E-state index < -0.39 is 17.8 Å². The number of nitrogens with zero attached hydrogens (tertiary/aromatic N) is 5. The van der Waals surface area contributed by atoms with Crippen LogP contribution < -0.4 is 16.0 Å². The lowest BCUT2D eigenvalue weighted by Gasteiger charge is -2.24. The predicted octanol–water partition coefficient (Wildman–Crippen LogP) is 3.65. The molecule has 2 heterocycles. The van der Waals surface area contributed by atoms with Crippen molar-refractivity contribution in [1.29, 1.82) is 0 Å². The standard InChI is InChI=1S/C34H33N7O6/c1-3-28(42)41-17-16-25(19-41)40(2)34-37-31(29(30(35)43)38-39-34)36-24-14-15-26(32(44)46-20-22-10-6-4-7-11-22)27(18-24)33(45)47-21-23-12-8-5-9-13-23/h3-15,18,25H,1,16-17,19-21H2,2H3,(H2,35,43)(H,36,37,39)/t25-/m1/s1. The fraction of sp³-hybridized carbons (Fsp3) is 0.206. The summed E-state index contributed by atoms with van der Waals surface area (Å²) in [6.07, 6.45) is 1.93. The monoisotopic (exact) mass is 635 g/mol. The molecule has 0 aliphatic carbocycles. The first kappa shape index (κ1) is 32.3. The first-order chi connectivity index (χ1) is 22.7. The quantitative estimate of drug-likeness (QED) is 0.172. The van der Waals surface area contributed by atoms with Crippen LogP contribution in [0.2, 0.25) is 0 Å². The Labute approximate surface area is 271 Å². The number of ether oxygens (including phenoxy) is 2. The molecule has 2 amide bonds. The smallest absolute Gasteiger partial charge is 0.339 e. The lowest BCUT2D eigenvalue weighted by Crippen LogP contribution is -2.37. The normalized spacial score (nSPS) is 13.8. The maximum atomic E-state index is 13.4. The predicted molar refractivity (Wildman–Crippen MR) is 173 cm³/mol. The van der Waals surface area contributed by atoms with Gasteiger partial charge in [0.15, 0.2) is 11.5 Å². The SMILES string of the molecule is C=CC(=O)N1CC[C@@H](N(C)c2nnc(C(N)=O)c(Nc3ccc(C(=O)OCc4ccccc4)c(C(=O)OCc4ccccc4)c3)n2)C1. The molecule has 1 aliphatic heterocycles. The van der Waals surface area contributed by atoms with Gasteiger partial charge in [0, 0.05) is 25.8 Å². The van der Waals surface area contributed by atoms with Crippen LogP contribution in [0, 0.1) is 0 Å². The number of aromatic nitrogens is 3. The molecule has 4 aromatic rings. The number of hydrogen-bond donors (Lipinski definition) is 2. The van der Waals surface area contributed by atoms with Crippen LogP contribution >= 0.6 is 0 Å². The van der Waals surface area contributed by atoms with E-state index in [0.29, 0.717) is 19.5 Å². The van der Waals surface area contributed by atoms with E-state index in [1.807, 2.05) is 60.7 Å². The van der Waals surface area contributed by atoms with Gasteiger partial charge in [-0.3, -0.25) is 9.59 Å². The molecule has 0 unspecified atom stereocenters. The minimum Gasteiger partial charge on any atom is -0.457 e. The van der Waals surface area contributed by atoms with E-state index in [1.54, 1.807) is 16.8 Å². The van der Waals surface area contributed by atoms with Gasteiger partial charge in [0.05, 0.1) is 17.2 Å². The Hall–Kier alpha value is -6.11. The lowest BCUT2D eigenvalue weighted by atomic mass is 10.1. The second-order valence-corrected chi connectivity index (χ2v) is 10.7. The topological polar surface area (TPSA) is 170 Å². The van der Waals surface area contributed by atoms with E-state index in [2.05, 4.69) is 27.1 Å². The molecule has 3 aromatic carbocycles. The highest BCUT2D eigenvalue weighted by Crippen LogP contribution is 2.25. The Kier molecular flexibility index (Phi) is 10.2. The van der Waals surface area contributed by atoms with Crippen molar-refractivity contribution in [3.8, 4) is 0 Å². The molecule has 3 N–H and O–H groups in total. The van der Waals surface area contributed by atoms with Crippen LogP contribution in [0.25, 0.3) is 0 Å². The number of nitrogens with one attached hydrogen (secondary N) is 1. The number of nitrogens with two attached hydrogens (primary N) is 1. The first-order valence-corrected chi connectivity index (χ1v) is 14.8. The van der Waals surface area contributed by atoms with E-state index >= 15 is 0 Å². The number of primary amides is 1. The van der Waals surface area contributed by atoms with Gasteiger partial charge in [0.2, 0.25) is 11.9 Å². The van der Waals surface area contributed by atoms with Gasteiger partial charge < -0.3 is 30.3 Å². The molecule has 13 heteroatoms. The van der Waals surface area contributed by atoms with Gasteiger partial charge >= 0.3 is 11.9 Å². The summed E-state index contributed by atoms with van der Waals surface area (Å²) in [7, 11) is 1.76. The van der Waals surface area contributed by atoms with Gasteiger partial charge in [-0.2, -0.15) is 4.98 Å². The third-order valence-corrected chi connectivity index (χ3v) is 7.57. The molecule has 5 rings (SSSR count). The molecule has 0 saturated carbocycles. The fourth-order valence-electron chi connectivity index (χ4n) is 4.98. The van der Waals surface area contributed by atoms with Gasteiger partial charge in [-0.15, -0.1) is 10.2 Å². The molecule has 0 bridgehead atoms. The molecule has 1 saturated heterocycles. The van der Waals surface area contributed by atoms with Gasteiger partial charge in [-0.05, 0) is 41.8 Å². The van der Waals surface area contributed by atoms with Crippen molar-refractivity contribution in [2.45, 2.75) is 25.7 Å². The summed E-state index contributed by atoms with van der Waals surface area (Å²) >= 11 is 0. The fourth-order valence-corrected chi connectivity index (χ4v) is 4.98. The van der Waals surface area contributed by atoms with Gasteiger partial charge in [0.25, 0.3) is 5.91 Å². The number of amides is 2. The molecule has 1 aliphatic rings. The van der Waals surface area contributed by atoms with Crippen molar-refractivity contribution < 1.29 is 28.7 Å². The maximum absolute atomic E-state index is 13.4. The molecule has 13 nitrogen and oxygen atoms in total. The van der Waals surface area contributed by atoms with Crippen LogP contribution in [-0.2, 0) is 27.5 Å². The van der Waals surface area contributed by atoms with Crippen LogP contribution in [-0.4, -0.2) is 70.0 Å². The Morgan fingerprint density at radius 3 is 2.15 bits per heavy atom. The molecule has 0 radical (unpaired) electrons. The summed E-state index contributed by atoms with van der Waals surface area (Å²) < 4.78 is 11.1. The second-order valence-electron chi connectivity index (χ2n) is 10.7. The average molecular weight is 636 g/mol. The third-order valence-electron chi connectivity index (χ3n) is 7.57. The molecular weight excluding hydrogens is 602 g/mol. The minimum absolute atomic E-state index is 0.00352. The number of hydrogen-bond acceptors (Lipinski definition) is 11. The summed E-state index contributed by atoms with van der Waals surface area (Å²) in [6.45, 7) is 4.50. The zero-order valence-electron chi connectivity index (χ0n) is 25.7. The second kappa shape index (κ2) is 14.8. The van der Waals surface area contributed by atoms with Crippen LogP contribution in [0.1, 0.15) is 48.8 Å². The van der Waals surface area contributed by atoms with E-state index in [0.717, 1.165) is 11.1 Å². The van der Waals surface area contributed by atoms with Crippen molar-refractivity contribution in [2.75, 3.05) is 30.4 Å². The van der Waals surface area contributed by atoms with Crippen LogP contribution in [0.5, 0.6) is 0 Å². The number of esters is 2. The molecule has 240 valence electrons. The van der Waals surface area contributed by atoms with E-state index in [-0.39, 0.29) is 59.4 Å². The van der Waals surface area contributed by atoms with E-state index in [9.17, 15) is 19.2 Å². The Morgan fingerprint density at radius 2 is 1.55 bits per heavy atom. The molecule has 1 fully saturated rings. The maximum Gasteiger partial charge on any atom is 0.339 e. The summed E-state index contributed by atoms with van der Waals surface area (Å²) in [4.78, 5) is 58.8. The largest absolute Gasteiger partial charge is 0.457 e. The van der Waals surface area contributed by atoms with Crippen molar-refractivity contribution in [1.82, 2.24) is 20.1 Å². The number of benzene rings is 3. The summed E-state index contributed by atoms with van der Waals surface area (Å²) in [5.41, 5.74) is 7.09. The van der Waals surface area contributed by atoms with Crippen molar-refractivity contribution in [3.05, 3.63) is 119 Å². The highest BCUT2D eigenvalue weighted by Gasteiger charge is 2.30. The van der Waals surface area contributed by atoms with Crippen molar-refractivity contribution in [3.63, 3.8) is 0 Å². The Morgan fingerprint density at radius 1 is 0.936 bits per heavy atom. The van der Waals surface area contributed by atoms with Crippen LogP contribution in [0.4, 0.5) is 17.5 Å². The number of likely N-dealkylation sites (N-methyl/N-ethyl adjacent to an activating group) is 1. The van der Waals surface area contributed by atoms with Crippen molar-refractivity contribution in [2.24, 2.45) is 5.73 Å². The zero-order valence-corrected chi connectivity index (χ0v) is 25.7. The Balaban J connectivity index is 1.41.